The Labute approximate surface area is 223 Å². The number of benzene rings is 1. The Kier molecular flexibility index (Phi) is 7.49. The molecule has 0 radical (unpaired) electrons. The molecule has 1 aromatic heterocycles. The van der Waals surface area contributed by atoms with Crippen LogP contribution in [-0.2, 0) is 14.3 Å². The van der Waals surface area contributed by atoms with Gasteiger partial charge >= 0.3 is 10.2 Å². The van der Waals surface area contributed by atoms with E-state index in [2.05, 4.69) is 15.6 Å². The summed E-state index contributed by atoms with van der Waals surface area (Å²) in [7, 11) is -8.56. The van der Waals surface area contributed by atoms with Crippen molar-refractivity contribution in [3.8, 4) is 0 Å². The number of nitrogens with zero attached hydrogens (tertiary/aromatic N) is 2. The first-order valence-electron chi connectivity index (χ1n) is 12.0. The zero-order chi connectivity index (χ0) is 28.7. The number of aromatic nitrogens is 1. The maximum atomic E-state index is 13.8. The van der Waals surface area contributed by atoms with Gasteiger partial charge in [-0.05, 0) is 43.5 Å². The predicted octanol–water partition coefficient (Wildman–Crippen LogP) is 5.95. The summed E-state index contributed by atoms with van der Waals surface area (Å²) in [4.78, 5) is 30.3. The minimum absolute atomic E-state index is 0.0135. The minimum Gasteiger partial charge on any atom is -0.380 e. The Balaban J connectivity index is 1.72. The van der Waals surface area contributed by atoms with Crippen molar-refractivity contribution in [3.05, 3.63) is 40.8 Å². The van der Waals surface area contributed by atoms with Crippen LogP contribution in [0.5, 0.6) is 0 Å². The van der Waals surface area contributed by atoms with Gasteiger partial charge in [-0.25, -0.2) is 8.78 Å². The summed E-state index contributed by atoms with van der Waals surface area (Å²) >= 11 is 0.990. The number of amides is 2. The van der Waals surface area contributed by atoms with E-state index in [1.165, 1.54) is 18.8 Å². The Bertz CT molecular complexity index is 1190. The topological polar surface area (TPSA) is 83.6 Å². The van der Waals surface area contributed by atoms with Crippen molar-refractivity contribution in [2.75, 3.05) is 18.6 Å². The summed E-state index contributed by atoms with van der Waals surface area (Å²) in [6.07, 6.45) is 0.229. The maximum Gasteiger partial charge on any atom is 0.310 e. The monoisotopic (exact) mass is 604 g/mol. The quantitative estimate of drug-likeness (QED) is 0.364. The molecule has 2 aliphatic rings. The summed E-state index contributed by atoms with van der Waals surface area (Å²) in [6.45, 7) is 0.289. The van der Waals surface area contributed by atoms with Gasteiger partial charge in [-0.1, -0.05) is 19.4 Å². The lowest BCUT2D eigenvalue weighted by molar-refractivity contribution is -0.128. The molecule has 2 aromatic rings. The van der Waals surface area contributed by atoms with E-state index < -0.39 is 63.8 Å². The second-order valence-corrected chi connectivity index (χ2v) is 13.0. The molecule has 1 aromatic carbocycles. The molecular formula is C23H27F7N4O3S2. The summed E-state index contributed by atoms with van der Waals surface area (Å²) < 4.78 is 99.4. The van der Waals surface area contributed by atoms with Crippen LogP contribution in [0.4, 0.5) is 33.9 Å². The van der Waals surface area contributed by atoms with Crippen molar-refractivity contribution in [1.82, 2.24) is 15.6 Å². The van der Waals surface area contributed by atoms with Crippen LogP contribution in [-0.4, -0.2) is 54.6 Å². The fourth-order valence-electron chi connectivity index (χ4n) is 4.71. The average molecular weight is 605 g/mol. The van der Waals surface area contributed by atoms with Crippen LogP contribution < -0.4 is 15.5 Å². The molecule has 1 aliphatic heterocycles. The second-order valence-electron chi connectivity index (χ2n) is 9.67. The van der Waals surface area contributed by atoms with Crippen LogP contribution in [0.15, 0.2) is 40.9 Å². The molecule has 4 rings (SSSR count). The molecule has 1 saturated heterocycles. The lowest BCUT2D eigenvalue weighted by atomic mass is 9.92. The Hall–Kier alpha value is -2.43. The molecule has 7 nitrogen and oxygen atoms in total. The number of anilines is 1. The van der Waals surface area contributed by atoms with Crippen molar-refractivity contribution in [2.24, 2.45) is 0 Å². The lowest BCUT2D eigenvalue weighted by Gasteiger charge is -2.41. The Morgan fingerprint density at radius 3 is 2.31 bits per heavy atom. The number of ether oxygens (including phenoxy) is 1. The highest BCUT2D eigenvalue weighted by atomic mass is 32.5. The molecule has 3 atom stereocenters. The SMILES string of the molecule is COC1CNC(C(=O)N(c2ccc(S(F)(F)(F)(F)F)cc2)C(C(=O)NC2CCC(F)(F)CC2)c2cncs2)C1. The van der Waals surface area contributed by atoms with Gasteiger partial charge in [-0.2, -0.15) is 0 Å². The van der Waals surface area contributed by atoms with E-state index in [0.717, 1.165) is 16.2 Å². The van der Waals surface area contributed by atoms with Crippen molar-refractivity contribution in [2.45, 2.75) is 67.2 Å². The molecule has 218 valence electrons. The highest BCUT2D eigenvalue weighted by Gasteiger charge is 2.65. The number of alkyl halides is 2. The zero-order valence-electron chi connectivity index (χ0n) is 20.6. The van der Waals surface area contributed by atoms with Crippen LogP contribution in [0.3, 0.4) is 0 Å². The number of methoxy groups -OCH3 is 1. The highest BCUT2D eigenvalue weighted by Crippen LogP contribution is 3.02. The predicted molar refractivity (Wildman–Crippen MR) is 133 cm³/mol. The normalized spacial score (nSPS) is 24.4. The third-order valence-electron chi connectivity index (χ3n) is 6.81. The molecule has 39 heavy (non-hydrogen) atoms. The maximum absolute atomic E-state index is 13.8. The van der Waals surface area contributed by atoms with Crippen molar-refractivity contribution < 1.29 is 42.5 Å². The number of carbonyl (C=O) groups excluding carboxylic acids is 2. The van der Waals surface area contributed by atoms with E-state index >= 15 is 0 Å². The molecule has 2 fully saturated rings. The van der Waals surface area contributed by atoms with E-state index in [-0.39, 0.29) is 54.6 Å². The average Bonchev–Trinajstić information content (AvgIpc) is 3.54. The number of carbonyl (C=O) groups is 2. The third kappa shape index (κ3) is 7.02. The van der Waals surface area contributed by atoms with Crippen molar-refractivity contribution >= 4 is 39.1 Å². The molecule has 3 unspecified atom stereocenters. The van der Waals surface area contributed by atoms with Crippen LogP contribution in [0, 0.1) is 0 Å². The van der Waals surface area contributed by atoms with Gasteiger partial charge in [-0.15, -0.1) is 11.3 Å². The molecule has 16 heteroatoms. The Morgan fingerprint density at radius 1 is 1.15 bits per heavy atom. The van der Waals surface area contributed by atoms with Crippen LogP contribution in [0.2, 0.25) is 0 Å². The molecule has 0 spiro atoms. The standard InChI is InChI=1S/C23H27F7N4O3S2/c1-37-16-10-18(32-11-16)22(36)34(15-2-4-17(5-3-15)39(26,27,28,29)30)20(19-12-31-13-38-19)21(35)33-14-6-8-23(24,25)9-7-14/h2-5,12-14,16,18,20,32H,6-11H2,1H3,(H,33,35). The number of halogens is 7. The second kappa shape index (κ2) is 9.89. The van der Waals surface area contributed by atoms with Crippen molar-refractivity contribution in [3.63, 3.8) is 0 Å². The van der Waals surface area contributed by atoms with Gasteiger partial charge in [0.05, 0.1) is 22.5 Å². The minimum atomic E-state index is -10.0. The molecule has 2 heterocycles. The molecule has 0 bridgehead atoms. The van der Waals surface area contributed by atoms with Gasteiger partial charge < -0.3 is 15.4 Å². The van der Waals surface area contributed by atoms with E-state index in [1.807, 2.05) is 0 Å². The van der Waals surface area contributed by atoms with E-state index in [4.69, 9.17) is 4.74 Å². The van der Waals surface area contributed by atoms with Gasteiger partial charge in [0.1, 0.15) is 4.90 Å². The number of rotatable bonds is 8. The first-order valence-corrected chi connectivity index (χ1v) is 14.8. The first-order chi connectivity index (χ1) is 18.0. The summed E-state index contributed by atoms with van der Waals surface area (Å²) in [5, 5.41) is 5.63. The van der Waals surface area contributed by atoms with E-state index in [9.17, 15) is 37.8 Å². The fraction of sp³-hybridized carbons (Fsp3) is 0.522. The number of hydrogen-bond donors (Lipinski definition) is 2. The van der Waals surface area contributed by atoms with Crippen LogP contribution >= 0.6 is 21.6 Å². The number of thiazole rings is 1. The largest absolute Gasteiger partial charge is 0.380 e. The summed E-state index contributed by atoms with van der Waals surface area (Å²) in [5.74, 6) is -4.32. The highest BCUT2D eigenvalue weighted by molar-refractivity contribution is 8.45. The van der Waals surface area contributed by atoms with Crippen LogP contribution in [0.1, 0.15) is 43.0 Å². The molecule has 1 aliphatic carbocycles. The van der Waals surface area contributed by atoms with E-state index in [0.29, 0.717) is 12.1 Å². The van der Waals surface area contributed by atoms with Gasteiger partial charge in [-0.3, -0.25) is 19.5 Å². The fourth-order valence-corrected chi connectivity index (χ4v) is 6.06. The lowest BCUT2D eigenvalue weighted by Crippen LogP contribution is -2.51. The van der Waals surface area contributed by atoms with Crippen molar-refractivity contribution in [1.29, 1.82) is 0 Å². The third-order valence-corrected chi connectivity index (χ3v) is 8.80. The van der Waals surface area contributed by atoms with Crippen LogP contribution in [0.25, 0.3) is 0 Å². The van der Waals surface area contributed by atoms with Gasteiger partial charge in [0.25, 0.3) is 0 Å². The van der Waals surface area contributed by atoms with Gasteiger partial charge in [0, 0.05) is 44.4 Å². The smallest absolute Gasteiger partial charge is 0.310 e. The van der Waals surface area contributed by atoms with Gasteiger partial charge in [0.2, 0.25) is 17.7 Å². The Morgan fingerprint density at radius 2 is 1.79 bits per heavy atom. The first kappa shape index (κ1) is 29.6. The molecule has 2 amide bonds. The number of hydrogen-bond acceptors (Lipinski definition) is 6. The molecule has 1 saturated carbocycles. The molecular weight excluding hydrogens is 577 g/mol. The van der Waals surface area contributed by atoms with Gasteiger partial charge in [0.15, 0.2) is 6.04 Å². The zero-order valence-corrected chi connectivity index (χ0v) is 22.2. The summed E-state index contributed by atoms with van der Waals surface area (Å²) in [5.41, 5.74) is 1.14. The van der Waals surface area contributed by atoms with E-state index in [1.54, 1.807) is 0 Å². The summed E-state index contributed by atoms with van der Waals surface area (Å²) in [6, 6.07) is -1.23. The number of nitrogens with one attached hydrogen (secondary N) is 2. The molecule has 2 N–H and O–H groups in total.